The van der Waals surface area contributed by atoms with Gasteiger partial charge in [-0.05, 0) is 30.4 Å². The van der Waals surface area contributed by atoms with Crippen molar-refractivity contribution in [2.75, 3.05) is 5.73 Å². The predicted octanol–water partition coefficient (Wildman–Crippen LogP) is 0.640. The molecule has 0 spiro atoms. The Morgan fingerprint density at radius 1 is 1.54 bits per heavy atom. The van der Waals surface area contributed by atoms with Gasteiger partial charge in [0.15, 0.2) is 5.69 Å². The zero-order valence-electron chi connectivity index (χ0n) is 7.16. The molecule has 1 amide bonds. The molecule has 1 aromatic heterocycles. The second-order valence-electron chi connectivity index (χ2n) is 3.30. The molecule has 0 saturated heterocycles. The van der Waals surface area contributed by atoms with Gasteiger partial charge in [-0.2, -0.15) is 0 Å². The smallest absolute Gasteiger partial charge is 0.269 e. The molecule has 4 N–H and O–H groups in total. The lowest BCUT2D eigenvalue weighted by atomic mass is 10.1. The summed E-state index contributed by atoms with van der Waals surface area (Å²) in [6.07, 6.45) is 3.88. The summed E-state index contributed by atoms with van der Waals surface area (Å²) < 4.78 is 0. The summed E-state index contributed by atoms with van der Waals surface area (Å²) >= 11 is 0. The maximum Gasteiger partial charge on any atom is 0.269 e. The number of carbonyl (C=O) groups is 1. The van der Waals surface area contributed by atoms with Crippen molar-refractivity contribution in [2.24, 2.45) is 5.73 Å². The lowest BCUT2D eigenvalue weighted by Gasteiger charge is -2.05. The molecule has 1 aliphatic rings. The van der Waals surface area contributed by atoms with Crippen molar-refractivity contribution in [3.05, 3.63) is 23.5 Å². The first kappa shape index (κ1) is 8.04. The van der Waals surface area contributed by atoms with Crippen LogP contribution in [0.5, 0.6) is 0 Å². The molecule has 0 atom stereocenters. The summed E-state index contributed by atoms with van der Waals surface area (Å²) in [4.78, 5) is 14.7. The highest BCUT2D eigenvalue weighted by atomic mass is 16.1. The van der Waals surface area contributed by atoms with Crippen LogP contribution in [0.1, 0.15) is 34.8 Å². The molecule has 0 radical (unpaired) electrons. The minimum atomic E-state index is -0.556. The van der Waals surface area contributed by atoms with Crippen LogP contribution in [-0.2, 0) is 0 Å². The maximum atomic E-state index is 10.9. The Morgan fingerprint density at radius 3 is 2.77 bits per heavy atom. The quantitative estimate of drug-likeness (QED) is 0.695. The molecule has 1 aromatic rings. The topological polar surface area (TPSA) is 82.0 Å². The fourth-order valence-electron chi connectivity index (χ4n) is 1.43. The molecule has 0 unspecified atom stereocenters. The Hall–Kier alpha value is -1.58. The van der Waals surface area contributed by atoms with Gasteiger partial charge >= 0.3 is 0 Å². The number of carbonyl (C=O) groups excluding carboxylic acids is 1. The van der Waals surface area contributed by atoms with E-state index in [1.54, 1.807) is 6.20 Å². The second-order valence-corrected chi connectivity index (χ2v) is 3.30. The van der Waals surface area contributed by atoms with Gasteiger partial charge in [-0.1, -0.05) is 0 Å². The number of amides is 1. The van der Waals surface area contributed by atoms with Crippen molar-refractivity contribution in [3.63, 3.8) is 0 Å². The van der Waals surface area contributed by atoms with Gasteiger partial charge in [0.1, 0.15) is 0 Å². The number of rotatable bonds is 2. The third-order valence-electron chi connectivity index (χ3n) is 2.27. The van der Waals surface area contributed by atoms with Crippen LogP contribution in [0.2, 0.25) is 0 Å². The van der Waals surface area contributed by atoms with E-state index in [0.29, 0.717) is 11.6 Å². The van der Waals surface area contributed by atoms with Crippen molar-refractivity contribution >= 4 is 11.6 Å². The van der Waals surface area contributed by atoms with E-state index in [0.717, 1.165) is 18.4 Å². The Morgan fingerprint density at radius 2 is 2.23 bits per heavy atom. The van der Waals surface area contributed by atoms with Gasteiger partial charge in [-0.25, -0.2) is 4.98 Å². The molecule has 1 fully saturated rings. The van der Waals surface area contributed by atoms with E-state index >= 15 is 0 Å². The van der Waals surface area contributed by atoms with E-state index < -0.39 is 5.91 Å². The summed E-state index contributed by atoms with van der Waals surface area (Å²) in [5.74, 6) is -0.0406. The highest BCUT2D eigenvalue weighted by Gasteiger charge is 2.27. The van der Waals surface area contributed by atoms with Crippen molar-refractivity contribution in [2.45, 2.75) is 18.8 Å². The standard InChI is InChI=1S/C9H11N3O/c10-7-6(5-1-2-5)3-4-12-8(7)9(11)13/h3-5H,1-2,10H2,(H2,11,13). The van der Waals surface area contributed by atoms with Crippen LogP contribution < -0.4 is 11.5 Å². The summed E-state index contributed by atoms with van der Waals surface area (Å²) in [7, 11) is 0. The van der Waals surface area contributed by atoms with Crippen LogP contribution in [0.3, 0.4) is 0 Å². The predicted molar refractivity (Wildman–Crippen MR) is 49.1 cm³/mol. The molecule has 0 bridgehead atoms. The average molecular weight is 177 g/mol. The minimum absolute atomic E-state index is 0.199. The maximum absolute atomic E-state index is 10.9. The number of anilines is 1. The van der Waals surface area contributed by atoms with Crippen LogP contribution in [0.15, 0.2) is 12.3 Å². The molecule has 4 nitrogen and oxygen atoms in total. The zero-order chi connectivity index (χ0) is 9.42. The summed E-state index contributed by atoms with van der Waals surface area (Å²) in [5.41, 5.74) is 12.6. The molecular weight excluding hydrogens is 166 g/mol. The number of hydrogen-bond donors (Lipinski definition) is 2. The summed E-state index contributed by atoms with van der Waals surface area (Å²) in [6.45, 7) is 0. The largest absolute Gasteiger partial charge is 0.397 e. The molecular formula is C9H11N3O. The summed E-state index contributed by atoms with van der Waals surface area (Å²) in [5, 5.41) is 0. The number of hydrogen-bond acceptors (Lipinski definition) is 3. The number of aromatic nitrogens is 1. The molecule has 13 heavy (non-hydrogen) atoms. The monoisotopic (exact) mass is 177 g/mol. The third kappa shape index (κ3) is 1.35. The molecule has 0 aliphatic heterocycles. The van der Waals surface area contributed by atoms with E-state index in [2.05, 4.69) is 4.98 Å². The molecule has 1 saturated carbocycles. The Labute approximate surface area is 75.9 Å². The Bertz CT molecular complexity index is 358. The lowest BCUT2D eigenvalue weighted by molar-refractivity contribution is 0.0996. The number of nitrogens with two attached hydrogens (primary N) is 2. The lowest BCUT2D eigenvalue weighted by Crippen LogP contribution is -2.16. The van der Waals surface area contributed by atoms with Crippen LogP contribution in [0.4, 0.5) is 5.69 Å². The van der Waals surface area contributed by atoms with Gasteiger partial charge in [-0.15, -0.1) is 0 Å². The van der Waals surface area contributed by atoms with E-state index in [4.69, 9.17) is 11.5 Å². The Balaban J connectivity index is 2.47. The minimum Gasteiger partial charge on any atom is -0.397 e. The van der Waals surface area contributed by atoms with Crippen LogP contribution in [-0.4, -0.2) is 10.9 Å². The highest BCUT2D eigenvalue weighted by Crippen LogP contribution is 2.42. The number of nitrogen functional groups attached to an aromatic ring is 1. The fraction of sp³-hybridized carbons (Fsp3) is 0.333. The van der Waals surface area contributed by atoms with E-state index in [-0.39, 0.29) is 5.69 Å². The van der Waals surface area contributed by atoms with Crippen LogP contribution in [0, 0.1) is 0 Å². The van der Waals surface area contributed by atoms with Gasteiger partial charge in [0, 0.05) is 6.20 Å². The molecule has 1 heterocycles. The van der Waals surface area contributed by atoms with Crippen LogP contribution >= 0.6 is 0 Å². The third-order valence-corrected chi connectivity index (χ3v) is 2.27. The first-order valence-electron chi connectivity index (χ1n) is 4.24. The summed E-state index contributed by atoms with van der Waals surface area (Å²) in [6, 6.07) is 1.86. The zero-order valence-corrected chi connectivity index (χ0v) is 7.16. The molecule has 68 valence electrons. The fourth-order valence-corrected chi connectivity index (χ4v) is 1.43. The van der Waals surface area contributed by atoms with Gasteiger partial charge in [0.05, 0.1) is 5.69 Å². The molecule has 2 rings (SSSR count). The number of primary amides is 1. The number of nitrogens with zero attached hydrogens (tertiary/aromatic N) is 1. The average Bonchev–Trinajstić information content (AvgIpc) is 2.87. The van der Waals surface area contributed by atoms with Crippen molar-refractivity contribution < 1.29 is 4.79 Å². The molecule has 1 aliphatic carbocycles. The van der Waals surface area contributed by atoms with Crippen molar-refractivity contribution in [1.29, 1.82) is 0 Å². The van der Waals surface area contributed by atoms with Gasteiger partial charge in [0.2, 0.25) is 0 Å². The van der Waals surface area contributed by atoms with Gasteiger partial charge in [0.25, 0.3) is 5.91 Å². The van der Waals surface area contributed by atoms with Crippen molar-refractivity contribution in [3.8, 4) is 0 Å². The SMILES string of the molecule is NC(=O)c1nccc(C2CC2)c1N. The first-order chi connectivity index (χ1) is 6.20. The number of pyridine rings is 1. The van der Waals surface area contributed by atoms with Crippen molar-refractivity contribution in [1.82, 2.24) is 4.98 Å². The first-order valence-corrected chi connectivity index (χ1v) is 4.24. The van der Waals surface area contributed by atoms with Crippen LogP contribution in [0.25, 0.3) is 0 Å². The van der Waals surface area contributed by atoms with Gasteiger partial charge in [-0.3, -0.25) is 4.79 Å². The van der Waals surface area contributed by atoms with E-state index in [9.17, 15) is 4.79 Å². The van der Waals surface area contributed by atoms with E-state index in [1.807, 2.05) is 6.07 Å². The Kier molecular flexibility index (Phi) is 1.69. The molecule has 0 aromatic carbocycles. The molecule has 4 heteroatoms. The highest BCUT2D eigenvalue weighted by molar-refractivity contribution is 5.96. The van der Waals surface area contributed by atoms with Gasteiger partial charge < -0.3 is 11.5 Å². The normalized spacial score (nSPS) is 15.7. The second kappa shape index (κ2) is 2.73. The van der Waals surface area contributed by atoms with E-state index in [1.165, 1.54) is 0 Å².